The summed E-state index contributed by atoms with van der Waals surface area (Å²) >= 11 is 0. The summed E-state index contributed by atoms with van der Waals surface area (Å²) in [6.07, 6.45) is 6.78. The lowest BCUT2D eigenvalue weighted by Crippen LogP contribution is -2.04. The molecule has 3 heteroatoms. The van der Waals surface area contributed by atoms with E-state index in [-0.39, 0.29) is 0 Å². The predicted octanol–water partition coefficient (Wildman–Crippen LogP) is 3.71. The van der Waals surface area contributed by atoms with Crippen LogP contribution < -0.4 is 9.47 Å². The van der Waals surface area contributed by atoms with Crippen LogP contribution >= 0.6 is 0 Å². The maximum Gasteiger partial charge on any atom is 0.124 e. The van der Waals surface area contributed by atoms with E-state index in [1.54, 1.807) is 14.2 Å². The molecule has 0 amide bonds. The van der Waals surface area contributed by atoms with Gasteiger partial charge in [0.25, 0.3) is 0 Å². The highest BCUT2D eigenvalue weighted by molar-refractivity contribution is 5.41. The van der Waals surface area contributed by atoms with E-state index in [0.717, 1.165) is 35.8 Å². The van der Waals surface area contributed by atoms with Crippen molar-refractivity contribution < 1.29 is 14.6 Å². The van der Waals surface area contributed by atoms with Gasteiger partial charge in [0.05, 0.1) is 20.3 Å². The molecule has 0 spiro atoms. The number of aliphatic hydroxyl groups is 1. The van der Waals surface area contributed by atoms with Gasteiger partial charge in [0.2, 0.25) is 0 Å². The maximum absolute atomic E-state index is 10.4. The lowest BCUT2D eigenvalue weighted by Gasteiger charge is -2.17. The van der Waals surface area contributed by atoms with Gasteiger partial charge in [0.1, 0.15) is 11.5 Å². The first-order valence-corrected chi connectivity index (χ1v) is 7.14. The lowest BCUT2D eigenvalue weighted by molar-refractivity contribution is 0.153. The molecule has 19 heavy (non-hydrogen) atoms. The molecule has 0 heterocycles. The van der Waals surface area contributed by atoms with E-state index in [1.807, 2.05) is 18.2 Å². The zero-order chi connectivity index (χ0) is 13.7. The van der Waals surface area contributed by atoms with Gasteiger partial charge < -0.3 is 14.6 Å². The molecular formula is C16H24O3. The van der Waals surface area contributed by atoms with Gasteiger partial charge in [-0.3, -0.25) is 0 Å². The summed E-state index contributed by atoms with van der Waals surface area (Å²) in [5, 5.41) is 10.4. The van der Waals surface area contributed by atoms with Crippen LogP contribution in [0, 0.1) is 5.92 Å². The highest BCUT2D eigenvalue weighted by atomic mass is 16.5. The molecule has 1 atom stereocenters. The average Bonchev–Trinajstić information content (AvgIpc) is 2.97. The minimum atomic E-state index is -0.467. The Morgan fingerprint density at radius 3 is 2.58 bits per heavy atom. The van der Waals surface area contributed by atoms with Crippen LogP contribution in [0.15, 0.2) is 18.2 Å². The highest BCUT2D eigenvalue weighted by Gasteiger charge is 2.19. The fourth-order valence-electron chi connectivity index (χ4n) is 2.95. The Labute approximate surface area is 115 Å². The number of hydrogen-bond donors (Lipinski definition) is 1. The normalized spacial score (nSPS) is 17.4. The molecule has 0 aromatic heterocycles. The highest BCUT2D eigenvalue weighted by Crippen LogP contribution is 2.35. The number of ether oxygens (including phenoxy) is 2. The molecule has 3 nitrogen and oxygen atoms in total. The van der Waals surface area contributed by atoms with E-state index in [2.05, 4.69) is 0 Å². The molecule has 0 saturated heterocycles. The largest absolute Gasteiger partial charge is 0.497 e. The van der Waals surface area contributed by atoms with Crippen LogP contribution in [0.1, 0.15) is 50.2 Å². The van der Waals surface area contributed by atoms with Gasteiger partial charge in [0.15, 0.2) is 0 Å². The third kappa shape index (κ3) is 3.63. The minimum absolute atomic E-state index is 0.467. The van der Waals surface area contributed by atoms with Gasteiger partial charge in [-0.25, -0.2) is 0 Å². The van der Waals surface area contributed by atoms with E-state index in [9.17, 15) is 5.11 Å². The number of methoxy groups -OCH3 is 2. The topological polar surface area (TPSA) is 38.7 Å². The van der Waals surface area contributed by atoms with Crippen molar-refractivity contribution in [2.75, 3.05) is 14.2 Å². The number of rotatable bonds is 6. The van der Waals surface area contributed by atoms with Gasteiger partial charge in [-0.1, -0.05) is 25.7 Å². The first-order valence-electron chi connectivity index (χ1n) is 7.14. The van der Waals surface area contributed by atoms with Crippen LogP contribution in [0.4, 0.5) is 0 Å². The molecule has 1 aliphatic carbocycles. The smallest absolute Gasteiger partial charge is 0.124 e. The fourth-order valence-corrected chi connectivity index (χ4v) is 2.95. The summed E-state index contributed by atoms with van der Waals surface area (Å²) < 4.78 is 10.5. The van der Waals surface area contributed by atoms with Crippen LogP contribution in [0.25, 0.3) is 0 Å². The summed E-state index contributed by atoms with van der Waals surface area (Å²) in [6, 6.07) is 5.58. The third-order valence-corrected chi connectivity index (χ3v) is 4.12. The first-order chi connectivity index (χ1) is 9.24. The molecular weight excluding hydrogens is 240 g/mol. The molecule has 1 N–H and O–H groups in total. The fraction of sp³-hybridized carbons (Fsp3) is 0.625. The van der Waals surface area contributed by atoms with Crippen LogP contribution in [-0.2, 0) is 0 Å². The Morgan fingerprint density at radius 1 is 1.21 bits per heavy atom. The number of aliphatic hydroxyl groups excluding tert-OH is 1. The second-order valence-corrected chi connectivity index (χ2v) is 5.35. The molecule has 0 bridgehead atoms. The van der Waals surface area contributed by atoms with Gasteiger partial charge in [-0.2, -0.15) is 0 Å². The van der Waals surface area contributed by atoms with Crippen molar-refractivity contribution in [2.24, 2.45) is 5.92 Å². The Kier molecular flexibility index (Phi) is 5.08. The lowest BCUT2D eigenvalue weighted by atomic mass is 9.96. The Morgan fingerprint density at radius 2 is 1.95 bits per heavy atom. The van der Waals surface area contributed by atoms with E-state index >= 15 is 0 Å². The maximum atomic E-state index is 10.4. The van der Waals surface area contributed by atoms with Crippen molar-refractivity contribution in [1.82, 2.24) is 0 Å². The van der Waals surface area contributed by atoms with Gasteiger partial charge in [0, 0.05) is 5.56 Å². The summed E-state index contributed by atoms with van der Waals surface area (Å²) in [5.41, 5.74) is 0.833. The van der Waals surface area contributed by atoms with Crippen molar-refractivity contribution in [3.63, 3.8) is 0 Å². The summed E-state index contributed by atoms with van der Waals surface area (Å²) in [4.78, 5) is 0. The Hall–Kier alpha value is -1.22. The zero-order valence-corrected chi connectivity index (χ0v) is 11.9. The second kappa shape index (κ2) is 6.80. The monoisotopic (exact) mass is 264 g/mol. The van der Waals surface area contributed by atoms with Crippen molar-refractivity contribution in [3.05, 3.63) is 23.8 Å². The van der Waals surface area contributed by atoms with Crippen molar-refractivity contribution in [2.45, 2.75) is 44.6 Å². The molecule has 1 unspecified atom stereocenters. The molecule has 106 valence electrons. The summed E-state index contributed by atoms with van der Waals surface area (Å²) in [5.74, 6) is 2.29. The summed E-state index contributed by atoms with van der Waals surface area (Å²) in [7, 11) is 3.27. The van der Waals surface area contributed by atoms with Gasteiger partial charge >= 0.3 is 0 Å². The molecule has 1 fully saturated rings. The molecule has 1 aliphatic rings. The van der Waals surface area contributed by atoms with Gasteiger partial charge in [-0.15, -0.1) is 0 Å². The molecule has 0 radical (unpaired) electrons. The second-order valence-electron chi connectivity index (χ2n) is 5.35. The number of hydrogen-bond acceptors (Lipinski definition) is 3. The minimum Gasteiger partial charge on any atom is -0.497 e. The SMILES string of the molecule is COc1ccc(OC)c(C(O)CCC2CCCC2)c1. The quantitative estimate of drug-likeness (QED) is 0.851. The van der Waals surface area contributed by atoms with Gasteiger partial charge in [-0.05, 0) is 37.0 Å². The van der Waals surface area contributed by atoms with E-state index in [4.69, 9.17) is 9.47 Å². The van der Waals surface area contributed by atoms with Crippen molar-refractivity contribution in [1.29, 1.82) is 0 Å². The third-order valence-electron chi connectivity index (χ3n) is 4.12. The molecule has 1 saturated carbocycles. The van der Waals surface area contributed by atoms with Crippen LogP contribution in [-0.4, -0.2) is 19.3 Å². The van der Waals surface area contributed by atoms with Crippen molar-refractivity contribution in [3.8, 4) is 11.5 Å². The van der Waals surface area contributed by atoms with E-state index < -0.39 is 6.10 Å². The molecule has 1 aromatic rings. The molecule has 1 aromatic carbocycles. The Balaban J connectivity index is 2.01. The first kappa shape index (κ1) is 14.2. The number of benzene rings is 1. The van der Waals surface area contributed by atoms with Crippen molar-refractivity contribution >= 4 is 0 Å². The Bertz CT molecular complexity index is 397. The zero-order valence-electron chi connectivity index (χ0n) is 11.9. The average molecular weight is 264 g/mol. The predicted molar refractivity (Wildman–Crippen MR) is 75.7 cm³/mol. The van der Waals surface area contributed by atoms with Crippen LogP contribution in [0.2, 0.25) is 0 Å². The van der Waals surface area contributed by atoms with Crippen LogP contribution in [0.5, 0.6) is 11.5 Å². The standard InChI is InChI=1S/C16H24O3/c1-18-13-8-10-16(19-2)14(11-13)15(17)9-7-12-5-3-4-6-12/h8,10-12,15,17H,3-7,9H2,1-2H3. The van der Waals surface area contributed by atoms with E-state index in [1.165, 1.54) is 25.7 Å². The van der Waals surface area contributed by atoms with E-state index in [0.29, 0.717) is 0 Å². The summed E-state index contributed by atoms with van der Waals surface area (Å²) in [6.45, 7) is 0. The van der Waals surface area contributed by atoms with Crippen LogP contribution in [0.3, 0.4) is 0 Å². The molecule has 2 rings (SSSR count). The molecule has 0 aliphatic heterocycles.